The van der Waals surface area contributed by atoms with Gasteiger partial charge in [0.2, 0.25) is 5.91 Å². The number of rotatable bonds is 3. The molecule has 0 aromatic heterocycles. The number of nitrogens with one attached hydrogen (secondary N) is 1. The van der Waals surface area contributed by atoms with Gasteiger partial charge in [-0.05, 0) is 43.0 Å². The number of carbonyl (C=O) groups excluding carboxylic acids is 1. The molecule has 1 aromatic rings. The van der Waals surface area contributed by atoms with E-state index in [0.717, 1.165) is 29.3 Å². The Balaban J connectivity index is 1.93. The Hall–Kier alpha value is -1.68. The van der Waals surface area contributed by atoms with E-state index < -0.39 is 0 Å². The van der Waals surface area contributed by atoms with Crippen molar-refractivity contribution in [1.82, 2.24) is 4.90 Å². The van der Waals surface area contributed by atoms with Gasteiger partial charge in [0.05, 0.1) is 0 Å². The first-order valence-electron chi connectivity index (χ1n) is 7.00. The molecule has 3 nitrogen and oxygen atoms in total. The van der Waals surface area contributed by atoms with E-state index in [1.165, 1.54) is 26.2 Å². The summed E-state index contributed by atoms with van der Waals surface area (Å²) in [6, 6.07) is 7.73. The van der Waals surface area contributed by atoms with Gasteiger partial charge in [-0.15, -0.1) is 0 Å². The normalized spacial score (nSPS) is 15.3. The fourth-order valence-corrected chi connectivity index (χ4v) is 2.52. The average Bonchev–Trinajstić information content (AvgIpc) is 2.46. The molecule has 0 aliphatic carbocycles. The minimum atomic E-state index is -0.0560. The Morgan fingerprint density at radius 2 is 1.85 bits per heavy atom. The Bertz CT molecular complexity index is 502. The van der Waals surface area contributed by atoms with Crippen molar-refractivity contribution in [2.24, 2.45) is 0 Å². The largest absolute Gasteiger partial charge is 0.363 e. The summed E-state index contributed by atoms with van der Waals surface area (Å²) in [5.74, 6) is -0.0560. The summed E-state index contributed by atoms with van der Waals surface area (Å²) >= 11 is 5.44. The van der Waals surface area contributed by atoms with Gasteiger partial charge in [-0.1, -0.05) is 30.4 Å². The zero-order chi connectivity index (χ0) is 14.4. The first-order chi connectivity index (χ1) is 9.65. The molecule has 4 heteroatoms. The van der Waals surface area contributed by atoms with E-state index in [9.17, 15) is 4.79 Å². The minimum absolute atomic E-state index is 0.0560. The molecule has 20 heavy (non-hydrogen) atoms. The van der Waals surface area contributed by atoms with Crippen molar-refractivity contribution < 1.29 is 4.79 Å². The van der Waals surface area contributed by atoms with Crippen LogP contribution in [0.2, 0.25) is 0 Å². The van der Waals surface area contributed by atoms with Gasteiger partial charge in [-0.3, -0.25) is 4.79 Å². The van der Waals surface area contributed by atoms with E-state index in [1.807, 2.05) is 36.4 Å². The molecular weight excluding hydrogens is 268 g/mol. The number of nitrogens with zero attached hydrogens (tertiary/aromatic N) is 1. The average molecular weight is 288 g/mol. The molecule has 0 bridgehead atoms. The highest BCUT2D eigenvalue weighted by molar-refractivity contribution is 7.80. The molecule has 1 N–H and O–H groups in total. The van der Waals surface area contributed by atoms with Gasteiger partial charge in [0.15, 0.2) is 0 Å². The van der Waals surface area contributed by atoms with E-state index in [2.05, 4.69) is 10.2 Å². The Morgan fingerprint density at radius 1 is 1.20 bits per heavy atom. The second-order valence-corrected chi connectivity index (χ2v) is 5.44. The third kappa shape index (κ3) is 4.46. The number of piperidine rings is 1. The zero-order valence-corrected chi connectivity index (χ0v) is 12.6. The van der Waals surface area contributed by atoms with Crippen LogP contribution in [0.15, 0.2) is 30.3 Å². The van der Waals surface area contributed by atoms with Gasteiger partial charge >= 0.3 is 0 Å². The van der Waals surface area contributed by atoms with Crippen LogP contribution in [0.3, 0.4) is 0 Å². The van der Waals surface area contributed by atoms with Crippen molar-refractivity contribution in [3.05, 3.63) is 35.9 Å². The van der Waals surface area contributed by atoms with Crippen LogP contribution >= 0.6 is 12.2 Å². The topological polar surface area (TPSA) is 32.3 Å². The van der Waals surface area contributed by atoms with Gasteiger partial charge in [0.25, 0.3) is 0 Å². The van der Waals surface area contributed by atoms with Crippen LogP contribution < -0.4 is 5.32 Å². The molecule has 1 aromatic carbocycles. The maximum absolute atomic E-state index is 10.9. The number of carbonyl (C=O) groups is 1. The summed E-state index contributed by atoms with van der Waals surface area (Å²) in [7, 11) is 0. The third-order valence-electron chi connectivity index (χ3n) is 3.32. The lowest BCUT2D eigenvalue weighted by Gasteiger charge is -2.27. The minimum Gasteiger partial charge on any atom is -0.363 e. The number of thiocarbonyl (C=S) groups is 1. The van der Waals surface area contributed by atoms with E-state index in [4.69, 9.17) is 12.2 Å². The number of hydrogen-bond acceptors (Lipinski definition) is 2. The fourth-order valence-electron chi connectivity index (χ4n) is 2.27. The monoisotopic (exact) mass is 288 g/mol. The summed E-state index contributed by atoms with van der Waals surface area (Å²) in [5.41, 5.74) is 1.90. The molecule has 0 spiro atoms. The molecule has 1 saturated heterocycles. The molecule has 0 atom stereocenters. The van der Waals surface area contributed by atoms with Gasteiger partial charge < -0.3 is 10.2 Å². The standard InChI is InChI=1S/C16H20N2OS/c1-13(19)17-15-8-5-14(6-9-15)7-10-16(20)18-11-3-2-4-12-18/h5-10H,2-4,11-12H2,1H3,(H,17,19). The van der Waals surface area contributed by atoms with E-state index in [-0.39, 0.29) is 5.91 Å². The summed E-state index contributed by atoms with van der Waals surface area (Å²) in [4.78, 5) is 14.1. The van der Waals surface area contributed by atoms with Crippen LogP contribution in [0.4, 0.5) is 5.69 Å². The zero-order valence-electron chi connectivity index (χ0n) is 11.8. The first-order valence-corrected chi connectivity index (χ1v) is 7.40. The van der Waals surface area contributed by atoms with E-state index >= 15 is 0 Å². The van der Waals surface area contributed by atoms with Gasteiger partial charge in [0.1, 0.15) is 4.99 Å². The summed E-state index contributed by atoms with van der Waals surface area (Å²) in [6.45, 7) is 3.65. The number of amides is 1. The number of hydrogen-bond donors (Lipinski definition) is 1. The highest BCUT2D eigenvalue weighted by atomic mass is 32.1. The predicted octanol–water partition coefficient (Wildman–Crippen LogP) is 3.47. The molecule has 1 amide bonds. The molecule has 106 valence electrons. The van der Waals surface area contributed by atoms with Gasteiger partial charge in [-0.25, -0.2) is 0 Å². The second kappa shape index (κ2) is 7.20. The highest BCUT2D eigenvalue weighted by Gasteiger charge is 2.10. The molecule has 0 unspecified atom stereocenters. The molecule has 0 radical (unpaired) electrons. The third-order valence-corrected chi connectivity index (χ3v) is 3.71. The van der Waals surface area contributed by atoms with Crippen LogP contribution in [-0.2, 0) is 4.79 Å². The van der Waals surface area contributed by atoms with Crippen molar-refractivity contribution in [1.29, 1.82) is 0 Å². The molecule has 1 heterocycles. The quantitative estimate of drug-likeness (QED) is 0.683. The van der Waals surface area contributed by atoms with Crippen molar-refractivity contribution in [3.63, 3.8) is 0 Å². The molecule has 2 rings (SSSR count). The van der Waals surface area contributed by atoms with Crippen LogP contribution in [0.5, 0.6) is 0 Å². The first kappa shape index (κ1) is 14.7. The van der Waals surface area contributed by atoms with Crippen molar-refractivity contribution >= 4 is 34.9 Å². The lowest BCUT2D eigenvalue weighted by molar-refractivity contribution is -0.114. The Morgan fingerprint density at radius 3 is 2.45 bits per heavy atom. The summed E-state index contributed by atoms with van der Waals surface area (Å²) in [6.07, 6.45) is 7.80. The molecule has 1 aliphatic rings. The fraction of sp³-hybridized carbons (Fsp3) is 0.375. The van der Waals surface area contributed by atoms with Crippen LogP contribution in [0, 0.1) is 0 Å². The van der Waals surface area contributed by atoms with E-state index in [0.29, 0.717) is 0 Å². The number of benzene rings is 1. The molecule has 0 saturated carbocycles. The summed E-state index contributed by atoms with van der Waals surface area (Å²) < 4.78 is 0. The number of likely N-dealkylation sites (tertiary alicyclic amines) is 1. The second-order valence-electron chi connectivity index (χ2n) is 5.02. The van der Waals surface area contributed by atoms with Crippen molar-refractivity contribution in [2.45, 2.75) is 26.2 Å². The maximum atomic E-state index is 10.9. The van der Waals surface area contributed by atoms with Crippen LogP contribution in [0.1, 0.15) is 31.7 Å². The molecule has 1 aliphatic heterocycles. The van der Waals surface area contributed by atoms with Crippen LogP contribution in [0.25, 0.3) is 6.08 Å². The van der Waals surface area contributed by atoms with Crippen LogP contribution in [-0.4, -0.2) is 28.9 Å². The lowest BCUT2D eigenvalue weighted by Crippen LogP contribution is -2.33. The molecule has 1 fully saturated rings. The maximum Gasteiger partial charge on any atom is 0.221 e. The SMILES string of the molecule is CC(=O)Nc1ccc(C=CC(=S)N2CCCCC2)cc1. The van der Waals surface area contributed by atoms with Gasteiger partial charge in [-0.2, -0.15) is 0 Å². The van der Waals surface area contributed by atoms with Crippen molar-refractivity contribution in [3.8, 4) is 0 Å². The molecular formula is C16H20N2OS. The van der Waals surface area contributed by atoms with Gasteiger partial charge in [0, 0.05) is 25.7 Å². The number of anilines is 1. The highest BCUT2D eigenvalue weighted by Crippen LogP contribution is 2.13. The van der Waals surface area contributed by atoms with E-state index in [1.54, 1.807) is 0 Å². The summed E-state index contributed by atoms with van der Waals surface area (Å²) in [5, 5.41) is 2.75. The lowest BCUT2D eigenvalue weighted by atomic mass is 10.1. The smallest absolute Gasteiger partial charge is 0.221 e. The van der Waals surface area contributed by atoms with Crippen molar-refractivity contribution in [2.75, 3.05) is 18.4 Å². The Labute approximate surface area is 125 Å². The Kier molecular flexibility index (Phi) is 5.30. The predicted molar refractivity (Wildman–Crippen MR) is 87.8 cm³/mol.